The summed E-state index contributed by atoms with van der Waals surface area (Å²) in [6.07, 6.45) is 5.87. The van der Waals surface area contributed by atoms with Crippen molar-refractivity contribution in [1.29, 1.82) is 0 Å². The number of nitrogens with zero attached hydrogens (tertiary/aromatic N) is 1. The Morgan fingerprint density at radius 2 is 2.33 bits per heavy atom. The van der Waals surface area contributed by atoms with Crippen molar-refractivity contribution >= 4 is 40.3 Å². The Hall–Kier alpha value is 0.330. The molecule has 1 aromatic heterocycles. The van der Waals surface area contributed by atoms with Gasteiger partial charge in [0.15, 0.2) is 0 Å². The molecule has 0 saturated heterocycles. The van der Waals surface area contributed by atoms with Gasteiger partial charge in [-0.25, -0.2) is 4.98 Å². The molecule has 4 heteroatoms. The second-order valence-corrected chi connectivity index (χ2v) is 6.23. The molecule has 1 saturated carbocycles. The smallest absolute Gasteiger partial charge is 0.110 e. The first kappa shape index (κ1) is 11.8. The summed E-state index contributed by atoms with van der Waals surface area (Å²) < 4.78 is 1.10. The summed E-state index contributed by atoms with van der Waals surface area (Å²) in [7, 11) is 0. The van der Waals surface area contributed by atoms with E-state index in [1.807, 2.05) is 30.1 Å². The molecule has 1 aliphatic carbocycles. The fourth-order valence-electron chi connectivity index (χ4n) is 1.72. The number of hydrogen-bond donors (Lipinski definition) is 1. The van der Waals surface area contributed by atoms with Crippen molar-refractivity contribution < 1.29 is 0 Å². The van der Waals surface area contributed by atoms with E-state index in [2.05, 4.69) is 33.5 Å². The van der Waals surface area contributed by atoms with Crippen LogP contribution in [0.15, 0.2) is 27.8 Å². The average Bonchev–Trinajstić information content (AvgIpc) is 2.19. The monoisotopic (exact) mass is 303 g/mol. The van der Waals surface area contributed by atoms with Crippen molar-refractivity contribution in [3.63, 3.8) is 0 Å². The zero-order valence-electron chi connectivity index (χ0n) is 8.45. The van der Waals surface area contributed by atoms with Crippen LogP contribution < -0.4 is 0 Å². The second-order valence-electron chi connectivity index (χ2n) is 4.09. The molecule has 0 unspecified atom stereocenters. The molecule has 0 atom stereocenters. The fourth-order valence-corrected chi connectivity index (χ4v) is 4.08. The van der Waals surface area contributed by atoms with Crippen LogP contribution in [-0.4, -0.2) is 16.5 Å². The Labute approximate surface area is 109 Å². The Morgan fingerprint density at radius 1 is 1.53 bits per heavy atom. The van der Waals surface area contributed by atoms with Crippen LogP contribution >= 0.6 is 40.3 Å². The first-order chi connectivity index (χ1) is 7.26. The fraction of sp³-hybridized carbons (Fsp3) is 0.545. The van der Waals surface area contributed by atoms with Crippen molar-refractivity contribution in [1.82, 2.24) is 4.98 Å². The maximum Gasteiger partial charge on any atom is 0.110 e. The summed E-state index contributed by atoms with van der Waals surface area (Å²) in [5, 5.41) is 1.10. The van der Waals surface area contributed by atoms with Gasteiger partial charge in [0, 0.05) is 16.4 Å². The van der Waals surface area contributed by atoms with E-state index in [-0.39, 0.29) is 0 Å². The first-order valence-electron chi connectivity index (χ1n) is 5.10. The number of pyridine rings is 1. The molecule has 0 aromatic carbocycles. The van der Waals surface area contributed by atoms with Crippen molar-refractivity contribution in [2.24, 2.45) is 5.41 Å². The highest BCUT2D eigenvalue weighted by atomic mass is 79.9. The third-order valence-corrected chi connectivity index (χ3v) is 5.92. The summed E-state index contributed by atoms with van der Waals surface area (Å²) in [6.45, 7) is 0. The van der Waals surface area contributed by atoms with Crippen LogP contribution in [0.25, 0.3) is 0 Å². The van der Waals surface area contributed by atoms with E-state index in [4.69, 9.17) is 0 Å². The van der Waals surface area contributed by atoms with Gasteiger partial charge in [0.2, 0.25) is 0 Å². The van der Waals surface area contributed by atoms with E-state index in [0.717, 1.165) is 21.0 Å². The minimum absolute atomic E-state index is 0.477. The standard InChI is InChI=1S/C11H14BrNS2/c12-9-3-1-6-13-10(9)15-8-11(7-14)4-2-5-11/h1,3,6,14H,2,4-5,7-8H2. The third-order valence-electron chi connectivity index (χ3n) is 2.99. The average molecular weight is 304 g/mol. The maximum absolute atomic E-state index is 4.46. The number of hydrogen-bond acceptors (Lipinski definition) is 3. The second kappa shape index (κ2) is 5.11. The maximum atomic E-state index is 4.46. The molecule has 0 amide bonds. The lowest BCUT2D eigenvalue weighted by Gasteiger charge is -2.40. The zero-order valence-corrected chi connectivity index (χ0v) is 11.7. The van der Waals surface area contributed by atoms with Gasteiger partial charge in [0.05, 0.1) is 0 Å². The van der Waals surface area contributed by atoms with E-state index in [1.165, 1.54) is 19.3 Å². The lowest BCUT2D eigenvalue weighted by molar-refractivity contribution is 0.205. The predicted molar refractivity (Wildman–Crippen MR) is 72.8 cm³/mol. The topological polar surface area (TPSA) is 12.9 Å². The summed E-state index contributed by atoms with van der Waals surface area (Å²) in [5.74, 6) is 2.15. The number of halogens is 1. The van der Waals surface area contributed by atoms with Crippen LogP contribution in [0.5, 0.6) is 0 Å². The number of thioether (sulfide) groups is 1. The molecular formula is C11H14BrNS2. The summed E-state index contributed by atoms with van der Waals surface area (Å²) in [5.41, 5.74) is 0.477. The Bertz CT molecular complexity index is 334. The summed E-state index contributed by atoms with van der Waals surface area (Å²) in [4.78, 5) is 4.37. The van der Waals surface area contributed by atoms with E-state index in [1.54, 1.807) is 0 Å². The highest BCUT2D eigenvalue weighted by Crippen LogP contribution is 2.45. The quantitative estimate of drug-likeness (QED) is 0.666. The molecule has 15 heavy (non-hydrogen) atoms. The molecule has 0 bridgehead atoms. The van der Waals surface area contributed by atoms with Crippen LogP contribution in [0.3, 0.4) is 0 Å². The van der Waals surface area contributed by atoms with Gasteiger partial charge in [-0.15, -0.1) is 11.8 Å². The SMILES string of the molecule is SCC1(CSc2ncccc2Br)CCC1. The van der Waals surface area contributed by atoms with Crippen molar-refractivity contribution in [2.75, 3.05) is 11.5 Å². The number of thiol groups is 1. The molecular weight excluding hydrogens is 290 g/mol. The molecule has 1 fully saturated rings. The number of aromatic nitrogens is 1. The van der Waals surface area contributed by atoms with Crippen molar-refractivity contribution in [2.45, 2.75) is 24.3 Å². The van der Waals surface area contributed by atoms with Crippen LogP contribution in [0.4, 0.5) is 0 Å². The van der Waals surface area contributed by atoms with Gasteiger partial charge in [-0.2, -0.15) is 12.6 Å². The van der Waals surface area contributed by atoms with Gasteiger partial charge in [-0.1, -0.05) is 6.42 Å². The van der Waals surface area contributed by atoms with Crippen molar-refractivity contribution in [3.8, 4) is 0 Å². The van der Waals surface area contributed by atoms with Crippen LogP contribution in [0.2, 0.25) is 0 Å². The molecule has 1 nitrogen and oxygen atoms in total. The minimum atomic E-state index is 0.477. The molecule has 82 valence electrons. The van der Waals surface area contributed by atoms with E-state index in [9.17, 15) is 0 Å². The Morgan fingerprint density at radius 3 is 2.87 bits per heavy atom. The normalized spacial score (nSPS) is 18.5. The van der Waals surface area contributed by atoms with Crippen LogP contribution in [0, 0.1) is 5.41 Å². The molecule has 0 spiro atoms. The highest BCUT2D eigenvalue weighted by molar-refractivity contribution is 9.10. The zero-order chi connectivity index (χ0) is 10.7. The molecule has 0 aliphatic heterocycles. The minimum Gasteiger partial charge on any atom is -0.249 e. The molecule has 0 radical (unpaired) electrons. The van der Waals surface area contributed by atoms with Crippen LogP contribution in [0.1, 0.15) is 19.3 Å². The van der Waals surface area contributed by atoms with Gasteiger partial charge in [-0.05, 0) is 52.1 Å². The largest absolute Gasteiger partial charge is 0.249 e. The van der Waals surface area contributed by atoms with Gasteiger partial charge < -0.3 is 0 Å². The molecule has 1 aliphatic rings. The Kier molecular flexibility index (Phi) is 4.02. The lowest BCUT2D eigenvalue weighted by atomic mass is 9.72. The molecule has 2 rings (SSSR count). The third kappa shape index (κ3) is 2.71. The van der Waals surface area contributed by atoms with Crippen LogP contribution in [-0.2, 0) is 0 Å². The first-order valence-corrected chi connectivity index (χ1v) is 7.51. The van der Waals surface area contributed by atoms with E-state index >= 15 is 0 Å². The van der Waals surface area contributed by atoms with Gasteiger partial charge in [0.1, 0.15) is 5.03 Å². The lowest BCUT2D eigenvalue weighted by Crippen LogP contribution is -2.33. The van der Waals surface area contributed by atoms with Crippen molar-refractivity contribution in [3.05, 3.63) is 22.8 Å². The molecule has 1 heterocycles. The molecule has 1 aromatic rings. The van der Waals surface area contributed by atoms with Gasteiger partial charge >= 0.3 is 0 Å². The summed E-state index contributed by atoms with van der Waals surface area (Å²) in [6, 6.07) is 4.00. The van der Waals surface area contributed by atoms with Gasteiger partial charge in [-0.3, -0.25) is 0 Å². The Balaban J connectivity index is 1.95. The van der Waals surface area contributed by atoms with E-state index in [0.29, 0.717) is 5.41 Å². The van der Waals surface area contributed by atoms with Gasteiger partial charge in [0.25, 0.3) is 0 Å². The van der Waals surface area contributed by atoms with E-state index < -0.39 is 0 Å². The molecule has 0 N–H and O–H groups in total. The summed E-state index contributed by atoms with van der Waals surface area (Å²) >= 11 is 9.83. The highest BCUT2D eigenvalue weighted by Gasteiger charge is 2.35. The number of rotatable bonds is 4. The predicted octanol–water partition coefficient (Wildman–Crippen LogP) is 4.04.